The van der Waals surface area contributed by atoms with Crippen LogP contribution in [-0.4, -0.2) is 38.7 Å². The van der Waals surface area contributed by atoms with Crippen LogP contribution >= 0.6 is 23.5 Å². The van der Waals surface area contributed by atoms with Gasteiger partial charge in [-0.15, -0.1) is 0 Å². The van der Waals surface area contributed by atoms with Crippen molar-refractivity contribution in [2.24, 2.45) is 4.99 Å². The van der Waals surface area contributed by atoms with Gasteiger partial charge < -0.3 is 15.8 Å². The molecule has 2 aromatic rings. The minimum absolute atomic E-state index is 0.189. The number of methoxy groups -OCH3 is 1. The monoisotopic (exact) mass is 348 g/mol. The Bertz CT molecular complexity index is 724. The minimum Gasteiger partial charge on any atom is -0.495 e. The third kappa shape index (κ3) is 4.26. The van der Waals surface area contributed by atoms with Crippen LogP contribution in [0.15, 0.2) is 29.3 Å². The molecule has 1 aromatic carbocycles. The molecule has 9 heteroatoms. The third-order valence-electron chi connectivity index (χ3n) is 2.93. The lowest BCUT2D eigenvalue weighted by molar-refractivity contribution is 0.417. The van der Waals surface area contributed by atoms with Crippen molar-refractivity contribution in [3.63, 3.8) is 0 Å². The van der Waals surface area contributed by atoms with Crippen LogP contribution in [0, 0.1) is 0 Å². The van der Waals surface area contributed by atoms with E-state index in [1.165, 1.54) is 0 Å². The summed E-state index contributed by atoms with van der Waals surface area (Å²) in [5, 5.41) is 3.12. The standard InChI is InChI=1S/C14H16N6OS2/c1-21-10-5-3-2-4-9(10)17-13-19-11(18-12(15)20-13)8-23-14-16-6-7-22-14/h2-5H,6-8H2,1H3,(H3,15,17,18,19,20). The molecule has 0 aliphatic carbocycles. The van der Waals surface area contributed by atoms with Crippen molar-refractivity contribution in [1.82, 2.24) is 15.0 Å². The number of rotatable bonds is 5. The van der Waals surface area contributed by atoms with Crippen molar-refractivity contribution in [3.05, 3.63) is 30.1 Å². The highest BCUT2D eigenvalue weighted by atomic mass is 32.2. The van der Waals surface area contributed by atoms with Gasteiger partial charge in [-0.25, -0.2) is 0 Å². The number of nitrogens with zero attached hydrogens (tertiary/aromatic N) is 4. The van der Waals surface area contributed by atoms with Gasteiger partial charge in [0.2, 0.25) is 11.9 Å². The minimum atomic E-state index is 0.189. The molecule has 1 aliphatic rings. The van der Waals surface area contributed by atoms with Gasteiger partial charge in [0.25, 0.3) is 0 Å². The molecule has 0 radical (unpaired) electrons. The molecular formula is C14H16N6OS2. The first-order valence-electron chi connectivity index (χ1n) is 6.95. The number of nitrogens with two attached hydrogens (primary N) is 1. The number of hydrogen-bond acceptors (Lipinski definition) is 9. The SMILES string of the molecule is COc1ccccc1Nc1nc(N)nc(CSC2=NCCS2)n1. The van der Waals surface area contributed by atoms with Crippen LogP contribution in [0.3, 0.4) is 0 Å². The average molecular weight is 348 g/mol. The normalized spacial score (nSPS) is 13.7. The van der Waals surface area contributed by atoms with Crippen molar-refractivity contribution in [3.8, 4) is 5.75 Å². The number of nitrogens with one attached hydrogen (secondary N) is 1. The number of aliphatic imine (C=N–C) groups is 1. The summed E-state index contributed by atoms with van der Waals surface area (Å²) in [6, 6.07) is 7.55. The number of benzene rings is 1. The maximum atomic E-state index is 5.79. The van der Waals surface area contributed by atoms with Gasteiger partial charge in [-0.05, 0) is 12.1 Å². The smallest absolute Gasteiger partial charge is 0.232 e. The fourth-order valence-corrected chi connectivity index (χ4v) is 3.82. The van der Waals surface area contributed by atoms with Crippen LogP contribution in [0.4, 0.5) is 17.6 Å². The van der Waals surface area contributed by atoms with Crippen LogP contribution in [0.2, 0.25) is 0 Å². The topological polar surface area (TPSA) is 98.3 Å². The van der Waals surface area contributed by atoms with Crippen LogP contribution < -0.4 is 15.8 Å². The van der Waals surface area contributed by atoms with E-state index in [1.54, 1.807) is 30.6 Å². The lowest BCUT2D eigenvalue weighted by Crippen LogP contribution is -2.07. The Kier molecular flexibility index (Phi) is 5.19. The number of anilines is 3. The van der Waals surface area contributed by atoms with Gasteiger partial charge in [0.05, 0.1) is 25.1 Å². The summed E-state index contributed by atoms with van der Waals surface area (Å²) in [7, 11) is 1.62. The molecule has 0 fully saturated rings. The number of hydrogen-bond donors (Lipinski definition) is 2. The van der Waals surface area contributed by atoms with E-state index >= 15 is 0 Å². The van der Waals surface area contributed by atoms with E-state index in [-0.39, 0.29) is 5.95 Å². The molecule has 0 bridgehead atoms. The molecule has 3 rings (SSSR count). The second kappa shape index (κ2) is 7.51. The van der Waals surface area contributed by atoms with Crippen LogP contribution in [0.1, 0.15) is 5.82 Å². The van der Waals surface area contributed by atoms with E-state index in [1.807, 2.05) is 24.3 Å². The van der Waals surface area contributed by atoms with Crippen molar-refractivity contribution in [1.29, 1.82) is 0 Å². The Hall–Kier alpha value is -2.00. The van der Waals surface area contributed by atoms with Gasteiger partial charge >= 0.3 is 0 Å². The number of para-hydroxylation sites is 2. The summed E-state index contributed by atoms with van der Waals surface area (Å²) in [6.45, 7) is 0.882. The Morgan fingerprint density at radius 1 is 1.30 bits per heavy atom. The fourth-order valence-electron chi connectivity index (χ4n) is 1.96. The van der Waals surface area contributed by atoms with E-state index in [9.17, 15) is 0 Å². The molecule has 0 saturated heterocycles. The molecule has 0 unspecified atom stereocenters. The summed E-state index contributed by atoms with van der Waals surface area (Å²) < 4.78 is 6.38. The zero-order valence-corrected chi connectivity index (χ0v) is 14.2. The molecule has 0 spiro atoms. The fraction of sp³-hybridized carbons (Fsp3) is 0.286. The van der Waals surface area contributed by atoms with E-state index < -0.39 is 0 Å². The van der Waals surface area contributed by atoms with Gasteiger partial charge in [0.1, 0.15) is 15.9 Å². The van der Waals surface area contributed by atoms with E-state index in [2.05, 4.69) is 25.3 Å². The number of aromatic nitrogens is 3. The molecule has 2 heterocycles. The Balaban J connectivity index is 1.74. The maximum Gasteiger partial charge on any atom is 0.232 e. The van der Waals surface area contributed by atoms with Gasteiger partial charge in [0.15, 0.2) is 0 Å². The summed E-state index contributed by atoms with van der Waals surface area (Å²) in [6.07, 6.45) is 0. The largest absolute Gasteiger partial charge is 0.495 e. The summed E-state index contributed by atoms with van der Waals surface area (Å²) >= 11 is 3.38. The van der Waals surface area contributed by atoms with Crippen molar-refractivity contribution in [2.75, 3.05) is 30.5 Å². The van der Waals surface area contributed by atoms with Gasteiger partial charge in [-0.3, -0.25) is 4.99 Å². The molecule has 3 N–H and O–H groups in total. The van der Waals surface area contributed by atoms with E-state index in [0.29, 0.717) is 23.3 Å². The number of nitrogen functional groups attached to an aromatic ring is 1. The first-order chi connectivity index (χ1) is 11.2. The van der Waals surface area contributed by atoms with Crippen molar-refractivity contribution in [2.45, 2.75) is 5.75 Å². The van der Waals surface area contributed by atoms with Crippen molar-refractivity contribution >= 4 is 45.5 Å². The van der Waals surface area contributed by atoms with Crippen LogP contribution in [0.25, 0.3) is 0 Å². The first kappa shape index (κ1) is 15.9. The number of thioether (sulfide) groups is 2. The predicted octanol–water partition coefficient (Wildman–Crippen LogP) is 2.54. The van der Waals surface area contributed by atoms with E-state index in [4.69, 9.17) is 10.5 Å². The number of ether oxygens (including phenoxy) is 1. The van der Waals surface area contributed by atoms with Crippen molar-refractivity contribution < 1.29 is 4.74 Å². The quantitative estimate of drug-likeness (QED) is 0.850. The van der Waals surface area contributed by atoms with Crippen LogP contribution in [0.5, 0.6) is 5.75 Å². The third-order valence-corrected chi connectivity index (χ3v) is 5.18. The van der Waals surface area contributed by atoms with Gasteiger partial charge in [0, 0.05) is 5.75 Å². The average Bonchev–Trinajstić information content (AvgIpc) is 3.06. The first-order valence-corrected chi connectivity index (χ1v) is 8.92. The Labute approximate surface area is 142 Å². The molecular weight excluding hydrogens is 332 g/mol. The highest BCUT2D eigenvalue weighted by molar-refractivity contribution is 8.38. The maximum absolute atomic E-state index is 5.79. The molecule has 0 amide bonds. The summed E-state index contributed by atoms with van der Waals surface area (Å²) in [4.78, 5) is 17.1. The Morgan fingerprint density at radius 2 is 2.17 bits per heavy atom. The van der Waals surface area contributed by atoms with Gasteiger partial charge in [-0.2, -0.15) is 15.0 Å². The zero-order valence-electron chi connectivity index (χ0n) is 12.5. The lowest BCUT2D eigenvalue weighted by atomic mass is 10.3. The second-order valence-electron chi connectivity index (χ2n) is 4.54. The molecule has 120 valence electrons. The highest BCUT2D eigenvalue weighted by Gasteiger charge is 2.11. The molecule has 1 aromatic heterocycles. The predicted molar refractivity (Wildman–Crippen MR) is 96.6 cm³/mol. The second-order valence-corrected chi connectivity index (χ2v) is 6.85. The molecule has 7 nitrogen and oxygen atoms in total. The molecule has 23 heavy (non-hydrogen) atoms. The Morgan fingerprint density at radius 3 is 2.96 bits per heavy atom. The highest BCUT2D eigenvalue weighted by Crippen LogP contribution is 2.27. The summed E-state index contributed by atoms with van der Waals surface area (Å²) in [5.74, 6) is 3.57. The molecule has 0 atom stereocenters. The lowest BCUT2D eigenvalue weighted by Gasteiger charge is -2.10. The molecule has 1 aliphatic heterocycles. The van der Waals surface area contributed by atoms with Crippen LogP contribution in [-0.2, 0) is 5.75 Å². The zero-order chi connectivity index (χ0) is 16.1. The summed E-state index contributed by atoms with van der Waals surface area (Å²) in [5.41, 5.74) is 6.56. The van der Waals surface area contributed by atoms with E-state index in [0.717, 1.165) is 22.4 Å². The van der Waals surface area contributed by atoms with Gasteiger partial charge in [-0.1, -0.05) is 35.7 Å². The molecule has 0 saturated carbocycles.